The number of benzene rings is 8. The monoisotopic (exact) mass is 715 g/mol. The molecule has 0 radical (unpaired) electrons. The highest BCUT2D eigenvalue weighted by atomic mass is 16.3. The summed E-state index contributed by atoms with van der Waals surface area (Å²) in [7, 11) is 0. The first-order valence-corrected chi connectivity index (χ1v) is 18.5. The van der Waals surface area contributed by atoms with Gasteiger partial charge in [-0.25, -0.2) is 0 Å². The highest BCUT2D eigenvalue weighted by Gasteiger charge is 2.26. The van der Waals surface area contributed by atoms with Crippen molar-refractivity contribution in [2.45, 2.75) is 0 Å². The molecule has 0 fully saturated rings. The minimum atomic E-state index is 0.401. The van der Waals surface area contributed by atoms with Gasteiger partial charge in [0.25, 0.3) is 0 Å². The Bertz CT molecular complexity index is 3360. The fraction of sp³-hybridized carbons (Fsp3) is 0. The summed E-state index contributed by atoms with van der Waals surface area (Å²) in [6.45, 7) is 0. The normalized spacial score (nSPS) is 11.5. The standard InChI is InChI=1S/C50H29N5O/c51-30-32-23-26-45(41(31-52)49(32)55-42-20-10-7-17-36(42)37-18-8-11-21-43(37)55)54-44-27-24-35(53(33-13-3-1-4-14-33)34-15-5-2-6-16-34)29-40(44)48-46(54)28-25-39-38-19-9-12-22-47(38)56-50(39)48/h1-29H. The fourth-order valence-corrected chi connectivity index (χ4v) is 8.64. The van der Waals surface area contributed by atoms with Crippen molar-refractivity contribution < 1.29 is 4.42 Å². The molecule has 6 heteroatoms. The fourth-order valence-electron chi connectivity index (χ4n) is 8.64. The first-order valence-electron chi connectivity index (χ1n) is 18.5. The Labute approximate surface area is 321 Å². The lowest BCUT2D eigenvalue weighted by atomic mass is 10.0. The molecule has 3 aromatic heterocycles. The van der Waals surface area contributed by atoms with Crippen LogP contribution in [0.15, 0.2) is 180 Å². The summed E-state index contributed by atoms with van der Waals surface area (Å²) < 4.78 is 11.0. The van der Waals surface area contributed by atoms with E-state index in [0.29, 0.717) is 22.5 Å². The molecule has 0 bridgehead atoms. The topological polar surface area (TPSA) is 73.8 Å². The summed E-state index contributed by atoms with van der Waals surface area (Å²) >= 11 is 0. The summed E-state index contributed by atoms with van der Waals surface area (Å²) in [5.41, 5.74) is 10.3. The molecule has 6 nitrogen and oxygen atoms in total. The number of nitrogens with zero attached hydrogens (tertiary/aromatic N) is 5. The molecule has 8 aromatic carbocycles. The van der Waals surface area contributed by atoms with Crippen LogP contribution in [-0.2, 0) is 0 Å². The van der Waals surface area contributed by atoms with Gasteiger partial charge < -0.3 is 18.5 Å². The molecule has 0 unspecified atom stereocenters. The van der Waals surface area contributed by atoms with Gasteiger partial charge in [0.15, 0.2) is 0 Å². The molecule has 0 spiro atoms. The van der Waals surface area contributed by atoms with E-state index in [0.717, 1.165) is 82.6 Å². The molecule has 0 N–H and O–H groups in total. The maximum absolute atomic E-state index is 11.2. The number of hydrogen-bond acceptors (Lipinski definition) is 4. The third-order valence-corrected chi connectivity index (χ3v) is 11.0. The van der Waals surface area contributed by atoms with Gasteiger partial charge in [-0.1, -0.05) is 91.0 Å². The molecule has 0 amide bonds. The zero-order valence-electron chi connectivity index (χ0n) is 29.9. The van der Waals surface area contributed by atoms with Crippen LogP contribution in [-0.4, -0.2) is 9.13 Å². The molecule has 260 valence electrons. The van der Waals surface area contributed by atoms with Crippen molar-refractivity contribution in [3.05, 3.63) is 187 Å². The second kappa shape index (κ2) is 12.2. The third-order valence-electron chi connectivity index (χ3n) is 11.0. The molecule has 56 heavy (non-hydrogen) atoms. The van der Waals surface area contributed by atoms with Crippen LogP contribution in [0.4, 0.5) is 17.1 Å². The SMILES string of the molecule is N#Cc1ccc(-n2c3ccc(N(c4ccccc4)c4ccccc4)cc3c3c4oc5ccccc5c4ccc32)c(C#N)c1-n1c2ccccc2c2ccccc21. The van der Waals surface area contributed by atoms with Crippen LogP contribution in [0.5, 0.6) is 0 Å². The van der Waals surface area contributed by atoms with E-state index in [-0.39, 0.29) is 0 Å². The molecule has 11 aromatic rings. The number of anilines is 3. The zero-order chi connectivity index (χ0) is 37.3. The quantitative estimate of drug-likeness (QED) is 0.178. The minimum absolute atomic E-state index is 0.401. The van der Waals surface area contributed by atoms with E-state index >= 15 is 0 Å². The Morgan fingerprint density at radius 2 is 1.04 bits per heavy atom. The summed E-state index contributed by atoms with van der Waals surface area (Å²) in [4.78, 5) is 2.25. The predicted molar refractivity (Wildman–Crippen MR) is 227 cm³/mol. The van der Waals surface area contributed by atoms with Crippen molar-refractivity contribution in [2.24, 2.45) is 0 Å². The number of fused-ring (bicyclic) bond motifs is 10. The van der Waals surface area contributed by atoms with Gasteiger partial charge >= 0.3 is 0 Å². The molecular formula is C50H29N5O. The Balaban J connectivity index is 1.26. The lowest BCUT2D eigenvalue weighted by Gasteiger charge is -2.25. The van der Waals surface area contributed by atoms with Crippen LogP contribution in [0.3, 0.4) is 0 Å². The third kappa shape index (κ3) is 4.48. The Kier molecular flexibility index (Phi) is 6.88. The molecule has 11 rings (SSSR count). The molecule has 0 aliphatic rings. The van der Waals surface area contributed by atoms with E-state index in [9.17, 15) is 10.5 Å². The van der Waals surface area contributed by atoms with Crippen molar-refractivity contribution in [3.8, 4) is 23.5 Å². The Morgan fingerprint density at radius 3 is 1.70 bits per heavy atom. The average molecular weight is 716 g/mol. The molecule has 0 saturated heterocycles. The van der Waals surface area contributed by atoms with Crippen LogP contribution in [0.2, 0.25) is 0 Å². The molecular weight excluding hydrogens is 687 g/mol. The van der Waals surface area contributed by atoms with Gasteiger partial charge in [-0.15, -0.1) is 0 Å². The van der Waals surface area contributed by atoms with E-state index < -0.39 is 0 Å². The largest absolute Gasteiger partial charge is 0.455 e. The van der Waals surface area contributed by atoms with Crippen LogP contribution in [0.25, 0.3) is 76.9 Å². The first kappa shape index (κ1) is 31.5. The van der Waals surface area contributed by atoms with Gasteiger partial charge in [0.05, 0.1) is 44.4 Å². The van der Waals surface area contributed by atoms with Gasteiger partial charge in [0, 0.05) is 44.0 Å². The maximum Gasteiger partial charge on any atom is 0.145 e. The van der Waals surface area contributed by atoms with E-state index in [2.05, 4.69) is 135 Å². The van der Waals surface area contributed by atoms with E-state index in [4.69, 9.17) is 4.42 Å². The first-order chi connectivity index (χ1) is 27.7. The second-order valence-electron chi connectivity index (χ2n) is 13.9. The van der Waals surface area contributed by atoms with Crippen molar-refractivity contribution in [3.63, 3.8) is 0 Å². The van der Waals surface area contributed by atoms with Crippen molar-refractivity contribution >= 4 is 82.6 Å². The van der Waals surface area contributed by atoms with Crippen molar-refractivity contribution in [1.82, 2.24) is 9.13 Å². The molecule has 0 aliphatic carbocycles. The smallest absolute Gasteiger partial charge is 0.145 e. The maximum atomic E-state index is 11.2. The van der Waals surface area contributed by atoms with E-state index in [1.165, 1.54) is 0 Å². The van der Waals surface area contributed by atoms with E-state index in [1.54, 1.807) is 0 Å². The highest BCUT2D eigenvalue weighted by molar-refractivity contribution is 6.24. The van der Waals surface area contributed by atoms with Crippen LogP contribution in [0.1, 0.15) is 11.1 Å². The summed E-state index contributed by atoms with van der Waals surface area (Å²) in [5.74, 6) is 0. The average Bonchev–Trinajstić information content (AvgIpc) is 3.91. The number of aromatic nitrogens is 2. The second-order valence-corrected chi connectivity index (χ2v) is 13.9. The lowest BCUT2D eigenvalue weighted by Crippen LogP contribution is -2.09. The summed E-state index contributed by atoms with van der Waals surface area (Å²) in [5, 5.41) is 27.9. The van der Waals surface area contributed by atoms with Gasteiger partial charge in [0.1, 0.15) is 28.9 Å². The van der Waals surface area contributed by atoms with Crippen LogP contribution < -0.4 is 4.90 Å². The summed E-state index contributed by atoms with van der Waals surface area (Å²) in [6, 6.07) is 64.7. The minimum Gasteiger partial charge on any atom is -0.455 e. The molecule has 0 aliphatic heterocycles. The summed E-state index contributed by atoms with van der Waals surface area (Å²) in [6.07, 6.45) is 0. The Morgan fingerprint density at radius 1 is 0.446 bits per heavy atom. The van der Waals surface area contributed by atoms with Crippen LogP contribution in [0, 0.1) is 22.7 Å². The van der Waals surface area contributed by atoms with Crippen LogP contribution >= 0.6 is 0 Å². The number of furan rings is 1. The molecule has 0 saturated carbocycles. The predicted octanol–water partition coefficient (Wildman–Crippen LogP) is 13.0. The van der Waals surface area contributed by atoms with Gasteiger partial charge in [-0.2, -0.15) is 10.5 Å². The number of rotatable bonds is 5. The molecule has 0 atom stereocenters. The number of para-hydroxylation sites is 5. The lowest BCUT2D eigenvalue weighted by molar-refractivity contribution is 0.673. The van der Waals surface area contributed by atoms with Crippen molar-refractivity contribution in [2.75, 3.05) is 4.90 Å². The Hall–Kier alpha value is -8.06. The van der Waals surface area contributed by atoms with Crippen molar-refractivity contribution in [1.29, 1.82) is 10.5 Å². The molecule has 3 heterocycles. The number of hydrogen-bond donors (Lipinski definition) is 0. The van der Waals surface area contributed by atoms with Gasteiger partial charge in [0.2, 0.25) is 0 Å². The van der Waals surface area contributed by atoms with E-state index in [1.807, 2.05) is 66.7 Å². The number of nitriles is 2. The van der Waals surface area contributed by atoms with Gasteiger partial charge in [-0.3, -0.25) is 0 Å². The highest BCUT2D eigenvalue weighted by Crippen LogP contribution is 2.45. The zero-order valence-corrected chi connectivity index (χ0v) is 29.9. The van der Waals surface area contributed by atoms with Gasteiger partial charge in [-0.05, 0) is 84.9 Å².